The molecule has 0 saturated carbocycles. The second-order valence-electron chi connectivity index (χ2n) is 7.86. The van der Waals surface area contributed by atoms with E-state index in [1.807, 2.05) is 66.7 Å². The highest BCUT2D eigenvalue weighted by atomic mass is 16.5. The van der Waals surface area contributed by atoms with E-state index in [-0.39, 0.29) is 0 Å². The SMILES string of the molecule is C(#Cc1ccccc1)CN1CCN(CCOCc2ccccc2Oc2ccccc2)CC1. The molecule has 0 bridgehead atoms. The van der Waals surface area contributed by atoms with E-state index in [0.29, 0.717) is 13.2 Å². The average Bonchev–Trinajstić information content (AvgIpc) is 2.85. The van der Waals surface area contributed by atoms with Crippen LogP contribution in [0.25, 0.3) is 0 Å². The normalized spacial score (nSPS) is 14.5. The van der Waals surface area contributed by atoms with E-state index in [4.69, 9.17) is 9.47 Å². The van der Waals surface area contributed by atoms with Gasteiger partial charge in [-0.3, -0.25) is 9.80 Å². The topological polar surface area (TPSA) is 24.9 Å². The molecule has 1 saturated heterocycles. The molecule has 0 amide bonds. The highest BCUT2D eigenvalue weighted by Crippen LogP contribution is 2.25. The van der Waals surface area contributed by atoms with Crippen molar-refractivity contribution in [3.8, 4) is 23.3 Å². The van der Waals surface area contributed by atoms with Crippen LogP contribution in [-0.2, 0) is 11.3 Å². The minimum Gasteiger partial charge on any atom is -0.457 e. The fourth-order valence-corrected chi connectivity index (χ4v) is 3.66. The van der Waals surface area contributed by atoms with Gasteiger partial charge >= 0.3 is 0 Å². The van der Waals surface area contributed by atoms with Crippen LogP contribution >= 0.6 is 0 Å². The molecule has 0 atom stereocenters. The molecule has 1 fully saturated rings. The van der Waals surface area contributed by atoms with Crippen molar-refractivity contribution < 1.29 is 9.47 Å². The van der Waals surface area contributed by atoms with Gasteiger partial charge in [-0.25, -0.2) is 0 Å². The van der Waals surface area contributed by atoms with E-state index in [1.165, 1.54) is 0 Å². The summed E-state index contributed by atoms with van der Waals surface area (Å²) in [6.07, 6.45) is 0. The van der Waals surface area contributed by atoms with Crippen molar-refractivity contribution in [1.82, 2.24) is 9.80 Å². The molecule has 1 heterocycles. The van der Waals surface area contributed by atoms with Gasteiger partial charge in [0.05, 0.1) is 19.8 Å². The second kappa shape index (κ2) is 12.1. The molecule has 32 heavy (non-hydrogen) atoms. The first kappa shape index (κ1) is 22.1. The Labute approximate surface area is 191 Å². The van der Waals surface area contributed by atoms with Crippen molar-refractivity contribution in [3.05, 3.63) is 96.1 Å². The minimum absolute atomic E-state index is 0.554. The molecule has 0 spiro atoms. The van der Waals surface area contributed by atoms with Crippen LogP contribution in [0.15, 0.2) is 84.9 Å². The number of hydrogen-bond donors (Lipinski definition) is 0. The molecule has 0 radical (unpaired) electrons. The summed E-state index contributed by atoms with van der Waals surface area (Å²) in [6.45, 7) is 7.27. The van der Waals surface area contributed by atoms with Crippen molar-refractivity contribution in [2.45, 2.75) is 6.61 Å². The van der Waals surface area contributed by atoms with Gasteiger partial charge in [0.1, 0.15) is 11.5 Å². The van der Waals surface area contributed by atoms with Crippen LogP contribution < -0.4 is 4.74 Å². The minimum atomic E-state index is 0.554. The molecule has 0 aliphatic carbocycles. The van der Waals surface area contributed by atoms with Gasteiger partial charge in [0.2, 0.25) is 0 Å². The van der Waals surface area contributed by atoms with Crippen LogP contribution in [0.5, 0.6) is 11.5 Å². The van der Waals surface area contributed by atoms with E-state index in [0.717, 1.165) is 61.9 Å². The monoisotopic (exact) mass is 426 g/mol. The van der Waals surface area contributed by atoms with Crippen LogP contribution in [0.4, 0.5) is 0 Å². The third kappa shape index (κ3) is 6.96. The lowest BCUT2D eigenvalue weighted by atomic mass is 10.2. The van der Waals surface area contributed by atoms with Gasteiger partial charge in [-0.2, -0.15) is 0 Å². The van der Waals surface area contributed by atoms with Gasteiger partial charge in [-0.05, 0) is 30.3 Å². The zero-order valence-corrected chi connectivity index (χ0v) is 18.5. The summed E-state index contributed by atoms with van der Waals surface area (Å²) in [6, 6.07) is 28.1. The van der Waals surface area contributed by atoms with Crippen LogP contribution in [-0.4, -0.2) is 55.7 Å². The lowest BCUT2D eigenvalue weighted by molar-refractivity contribution is 0.0708. The maximum Gasteiger partial charge on any atom is 0.132 e. The zero-order valence-electron chi connectivity index (χ0n) is 18.5. The van der Waals surface area contributed by atoms with Crippen molar-refractivity contribution in [2.24, 2.45) is 0 Å². The third-order valence-electron chi connectivity index (χ3n) is 5.53. The number of hydrogen-bond acceptors (Lipinski definition) is 4. The fourth-order valence-electron chi connectivity index (χ4n) is 3.66. The van der Waals surface area contributed by atoms with Gasteiger partial charge in [-0.1, -0.05) is 66.4 Å². The Hall–Kier alpha value is -3.10. The molecular formula is C28H30N2O2. The molecular weight excluding hydrogens is 396 g/mol. The number of para-hydroxylation sites is 2. The van der Waals surface area contributed by atoms with Crippen molar-refractivity contribution >= 4 is 0 Å². The molecule has 4 heteroatoms. The first-order valence-corrected chi connectivity index (χ1v) is 11.2. The van der Waals surface area contributed by atoms with Gasteiger partial charge < -0.3 is 9.47 Å². The lowest BCUT2D eigenvalue weighted by Gasteiger charge is -2.33. The van der Waals surface area contributed by atoms with E-state index in [9.17, 15) is 0 Å². The second-order valence-corrected chi connectivity index (χ2v) is 7.86. The number of piperazine rings is 1. The molecule has 1 aliphatic rings. The highest BCUT2D eigenvalue weighted by molar-refractivity contribution is 5.37. The molecule has 4 nitrogen and oxygen atoms in total. The van der Waals surface area contributed by atoms with E-state index in [1.54, 1.807) is 0 Å². The van der Waals surface area contributed by atoms with Gasteiger partial charge in [0.15, 0.2) is 0 Å². The third-order valence-corrected chi connectivity index (χ3v) is 5.53. The maximum atomic E-state index is 6.02. The van der Waals surface area contributed by atoms with E-state index >= 15 is 0 Å². The van der Waals surface area contributed by atoms with Crippen LogP contribution in [0.2, 0.25) is 0 Å². The molecule has 3 aromatic rings. The Balaban J connectivity index is 1.15. The molecule has 4 rings (SSSR count). The molecule has 0 N–H and O–H groups in total. The number of benzene rings is 3. The highest BCUT2D eigenvalue weighted by Gasteiger charge is 2.15. The Morgan fingerprint density at radius 1 is 0.719 bits per heavy atom. The number of ether oxygens (including phenoxy) is 2. The van der Waals surface area contributed by atoms with Crippen molar-refractivity contribution in [3.63, 3.8) is 0 Å². The predicted molar refractivity (Wildman–Crippen MR) is 129 cm³/mol. The summed E-state index contributed by atoms with van der Waals surface area (Å²) >= 11 is 0. The quantitative estimate of drug-likeness (QED) is 0.386. The zero-order chi connectivity index (χ0) is 21.8. The smallest absolute Gasteiger partial charge is 0.132 e. The first-order valence-electron chi connectivity index (χ1n) is 11.2. The largest absolute Gasteiger partial charge is 0.457 e. The van der Waals surface area contributed by atoms with E-state index < -0.39 is 0 Å². The van der Waals surface area contributed by atoms with Gasteiger partial charge in [0, 0.05) is 43.9 Å². The molecule has 1 aliphatic heterocycles. The molecule has 3 aromatic carbocycles. The lowest BCUT2D eigenvalue weighted by Crippen LogP contribution is -2.47. The van der Waals surface area contributed by atoms with Crippen LogP contribution in [0, 0.1) is 11.8 Å². The standard InChI is InChI=1S/C28H30N2O2/c1-3-10-25(11-4-1)12-9-17-29-18-20-30(21-19-29)22-23-31-24-26-13-7-8-16-28(26)32-27-14-5-2-6-15-27/h1-8,10-11,13-16H,17-24H2. The summed E-state index contributed by atoms with van der Waals surface area (Å²) < 4.78 is 12.0. The molecule has 0 unspecified atom stereocenters. The van der Waals surface area contributed by atoms with Crippen LogP contribution in [0.1, 0.15) is 11.1 Å². The molecule has 0 aromatic heterocycles. The molecule has 164 valence electrons. The van der Waals surface area contributed by atoms with Gasteiger partial charge in [0.25, 0.3) is 0 Å². The Bertz CT molecular complexity index is 1000. The summed E-state index contributed by atoms with van der Waals surface area (Å²) in [4.78, 5) is 4.89. The first-order chi connectivity index (χ1) is 15.9. The van der Waals surface area contributed by atoms with Crippen molar-refractivity contribution in [2.75, 3.05) is 45.9 Å². The van der Waals surface area contributed by atoms with E-state index in [2.05, 4.69) is 39.8 Å². The average molecular weight is 427 g/mol. The van der Waals surface area contributed by atoms with Crippen LogP contribution in [0.3, 0.4) is 0 Å². The summed E-state index contributed by atoms with van der Waals surface area (Å²) in [5.74, 6) is 8.23. The summed E-state index contributed by atoms with van der Waals surface area (Å²) in [5, 5.41) is 0. The predicted octanol–water partition coefficient (Wildman–Crippen LogP) is 4.66. The van der Waals surface area contributed by atoms with Gasteiger partial charge in [-0.15, -0.1) is 0 Å². The Morgan fingerprint density at radius 2 is 1.38 bits per heavy atom. The Morgan fingerprint density at radius 3 is 2.16 bits per heavy atom. The van der Waals surface area contributed by atoms with Crippen molar-refractivity contribution in [1.29, 1.82) is 0 Å². The Kier molecular flexibility index (Phi) is 8.34. The summed E-state index contributed by atoms with van der Waals surface area (Å²) in [5.41, 5.74) is 2.15. The number of rotatable bonds is 8. The maximum absolute atomic E-state index is 6.02. The fraction of sp³-hybridized carbons (Fsp3) is 0.286. The number of nitrogens with zero attached hydrogens (tertiary/aromatic N) is 2. The summed E-state index contributed by atoms with van der Waals surface area (Å²) in [7, 11) is 0.